The molecule has 0 aliphatic heterocycles. The highest BCUT2D eigenvalue weighted by molar-refractivity contribution is 5.89. The molecule has 0 aliphatic rings. The zero-order chi connectivity index (χ0) is 23.4. The van der Waals surface area contributed by atoms with Crippen molar-refractivity contribution in [3.63, 3.8) is 0 Å². The molecule has 0 saturated heterocycles. The van der Waals surface area contributed by atoms with Gasteiger partial charge in [-0.25, -0.2) is 9.59 Å². The van der Waals surface area contributed by atoms with Gasteiger partial charge >= 0.3 is 11.9 Å². The summed E-state index contributed by atoms with van der Waals surface area (Å²) in [4.78, 5) is 19.1. The average Bonchev–Trinajstić information content (AvgIpc) is 2.71. The summed E-state index contributed by atoms with van der Waals surface area (Å²) in [7, 11) is 1.64. The zero-order valence-corrected chi connectivity index (χ0v) is 17.2. The maximum atomic E-state index is 10.2. The Morgan fingerprint density at radius 3 is 1.97 bits per heavy atom. The Morgan fingerprint density at radius 2 is 1.52 bits per heavy atom. The van der Waals surface area contributed by atoms with Crippen molar-refractivity contribution < 1.29 is 39.9 Å². The molecule has 0 bridgehead atoms. The number of benzene rings is 2. The van der Waals surface area contributed by atoms with Crippen molar-refractivity contribution in [2.24, 2.45) is 0 Å². The fourth-order valence-corrected chi connectivity index (χ4v) is 2.57. The van der Waals surface area contributed by atoms with E-state index < -0.39 is 18.0 Å². The number of aliphatic hydroxyl groups excluding tert-OH is 1. The van der Waals surface area contributed by atoms with Crippen LogP contribution in [0.4, 0.5) is 0 Å². The molecule has 0 aromatic heterocycles. The number of phenolic OH excluding ortho intramolecular Hbond substituents is 2. The number of carboxylic acids is 2. The van der Waals surface area contributed by atoms with Gasteiger partial charge in [0.1, 0.15) is 17.2 Å². The van der Waals surface area contributed by atoms with E-state index in [4.69, 9.17) is 14.9 Å². The predicted octanol–water partition coefficient (Wildman–Crippen LogP) is 2.07. The van der Waals surface area contributed by atoms with Crippen LogP contribution < -0.4 is 10.1 Å². The first kappa shape index (κ1) is 25.5. The number of methoxy groups -OCH3 is 1. The average molecular weight is 433 g/mol. The molecule has 9 heteroatoms. The minimum atomic E-state index is -1.26. The molecule has 0 radical (unpaired) electrons. The molecule has 6 N–H and O–H groups in total. The Balaban J connectivity index is 0.000000512. The van der Waals surface area contributed by atoms with Crippen LogP contribution in [-0.4, -0.2) is 57.2 Å². The lowest BCUT2D eigenvalue weighted by Gasteiger charge is -2.18. The Kier molecular flexibility index (Phi) is 10.6. The Morgan fingerprint density at radius 1 is 1.00 bits per heavy atom. The number of aromatic hydroxyl groups is 2. The first-order chi connectivity index (χ1) is 14.6. The largest absolute Gasteiger partial charge is 0.508 e. The molecule has 31 heavy (non-hydrogen) atoms. The van der Waals surface area contributed by atoms with E-state index in [1.807, 2.05) is 31.2 Å². The fraction of sp³-hybridized carbons (Fsp3) is 0.273. The summed E-state index contributed by atoms with van der Waals surface area (Å²) < 4.78 is 5.13. The number of phenols is 2. The minimum absolute atomic E-state index is 0.0645. The molecule has 0 spiro atoms. The zero-order valence-electron chi connectivity index (χ0n) is 17.2. The van der Waals surface area contributed by atoms with Gasteiger partial charge in [-0.2, -0.15) is 0 Å². The number of carboxylic acid groups (broad SMARTS) is 2. The van der Waals surface area contributed by atoms with E-state index in [1.165, 1.54) is 23.8 Å². The summed E-state index contributed by atoms with van der Waals surface area (Å²) in [6, 6.07) is 12.2. The van der Waals surface area contributed by atoms with Gasteiger partial charge in [0.25, 0.3) is 0 Å². The van der Waals surface area contributed by atoms with E-state index in [0.29, 0.717) is 24.3 Å². The van der Waals surface area contributed by atoms with Gasteiger partial charge in [-0.15, -0.1) is 0 Å². The van der Waals surface area contributed by atoms with Crippen LogP contribution in [0.25, 0.3) is 0 Å². The van der Waals surface area contributed by atoms with E-state index in [-0.39, 0.29) is 17.5 Å². The second kappa shape index (κ2) is 12.9. The maximum absolute atomic E-state index is 10.2. The molecule has 2 atom stereocenters. The highest BCUT2D eigenvalue weighted by Crippen LogP contribution is 2.24. The van der Waals surface area contributed by atoms with E-state index >= 15 is 0 Å². The van der Waals surface area contributed by atoms with Gasteiger partial charge in [-0.1, -0.05) is 12.1 Å². The standard InChI is InChI=1S/C18H23NO4.C4H4O4/c1-12(7-13-3-5-17(23-2)6-4-13)19-11-18(22)14-8-15(20)10-16(21)9-14;5-3(6)1-2-4(7)8/h3-6,8-10,12,18-22H,7,11H2,1-2H3;1-2H,(H,5,6)(H,7,8)/b;2-1+/t12-,18-;/m0./s1. The molecule has 2 rings (SSSR count). The predicted molar refractivity (Wildman–Crippen MR) is 113 cm³/mol. The lowest BCUT2D eigenvalue weighted by Crippen LogP contribution is -2.32. The number of nitrogens with one attached hydrogen (secondary N) is 1. The van der Waals surface area contributed by atoms with Crippen LogP contribution in [0.15, 0.2) is 54.6 Å². The molecule has 2 aromatic rings. The van der Waals surface area contributed by atoms with Crippen molar-refractivity contribution >= 4 is 11.9 Å². The van der Waals surface area contributed by atoms with E-state index in [0.717, 1.165) is 12.2 Å². The topological polar surface area (TPSA) is 157 Å². The van der Waals surface area contributed by atoms with Crippen molar-refractivity contribution in [1.29, 1.82) is 0 Å². The SMILES string of the molecule is COc1ccc(C[C@H](C)NC[C@H](O)c2cc(O)cc(O)c2)cc1.O=C(O)/C=C/C(=O)O. The van der Waals surface area contributed by atoms with Gasteiger partial charge in [0.15, 0.2) is 0 Å². The molecule has 0 fully saturated rings. The van der Waals surface area contributed by atoms with Gasteiger partial charge < -0.3 is 35.6 Å². The van der Waals surface area contributed by atoms with Crippen LogP contribution in [0, 0.1) is 0 Å². The lowest BCUT2D eigenvalue weighted by molar-refractivity contribution is -0.134. The van der Waals surface area contributed by atoms with Crippen molar-refractivity contribution in [2.45, 2.75) is 25.5 Å². The normalized spacial score (nSPS) is 12.5. The molecule has 0 heterocycles. The van der Waals surface area contributed by atoms with Crippen molar-refractivity contribution in [2.75, 3.05) is 13.7 Å². The van der Waals surface area contributed by atoms with Gasteiger partial charge in [0.05, 0.1) is 13.2 Å². The van der Waals surface area contributed by atoms with Crippen molar-refractivity contribution in [3.8, 4) is 17.2 Å². The van der Waals surface area contributed by atoms with Gasteiger partial charge in [-0.05, 0) is 48.7 Å². The summed E-state index contributed by atoms with van der Waals surface area (Å²) in [5.74, 6) is -1.82. The number of hydrogen-bond acceptors (Lipinski definition) is 7. The summed E-state index contributed by atoms with van der Waals surface area (Å²) in [6.07, 6.45) is 1.14. The number of hydrogen-bond donors (Lipinski definition) is 6. The molecule has 2 aromatic carbocycles. The Bertz CT molecular complexity index is 843. The molecular formula is C22H27NO8. The third-order valence-corrected chi connectivity index (χ3v) is 4.04. The molecule has 9 nitrogen and oxygen atoms in total. The second-order valence-electron chi connectivity index (χ2n) is 6.67. The van der Waals surface area contributed by atoms with E-state index in [1.54, 1.807) is 7.11 Å². The molecule has 0 saturated carbocycles. The molecule has 0 amide bonds. The van der Waals surface area contributed by atoms with Crippen LogP contribution in [0.5, 0.6) is 17.2 Å². The fourth-order valence-electron chi connectivity index (χ4n) is 2.57. The number of ether oxygens (including phenoxy) is 1. The number of carbonyl (C=O) groups is 2. The third kappa shape index (κ3) is 10.7. The van der Waals surface area contributed by atoms with E-state index in [9.17, 15) is 24.9 Å². The summed E-state index contributed by atoms with van der Waals surface area (Å²) in [5, 5.41) is 47.9. The number of aliphatic carboxylic acids is 2. The van der Waals surface area contributed by atoms with Crippen molar-refractivity contribution in [1.82, 2.24) is 5.32 Å². The summed E-state index contributed by atoms with van der Waals surface area (Å²) in [6.45, 7) is 2.37. The number of aliphatic hydroxyl groups is 1. The van der Waals surface area contributed by atoms with Gasteiger partial charge in [0.2, 0.25) is 0 Å². The maximum Gasteiger partial charge on any atom is 0.328 e. The first-order valence-corrected chi connectivity index (χ1v) is 9.32. The number of rotatable bonds is 9. The molecule has 168 valence electrons. The van der Waals surface area contributed by atoms with Crippen LogP contribution in [0.1, 0.15) is 24.2 Å². The van der Waals surface area contributed by atoms with Gasteiger partial charge in [-0.3, -0.25) is 0 Å². The Hall–Kier alpha value is -3.56. The van der Waals surface area contributed by atoms with Crippen molar-refractivity contribution in [3.05, 3.63) is 65.7 Å². The van der Waals surface area contributed by atoms with Crippen LogP contribution >= 0.6 is 0 Å². The minimum Gasteiger partial charge on any atom is -0.508 e. The van der Waals surface area contributed by atoms with Crippen LogP contribution in [0.3, 0.4) is 0 Å². The smallest absolute Gasteiger partial charge is 0.328 e. The molecular weight excluding hydrogens is 406 g/mol. The third-order valence-electron chi connectivity index (χ3n) is 4.04. The van der Waals surface area contributed by atoms with Crippen LogP contribution in [-0.2, 0) is 16.0 Å². The second-order valence-corrected chi connectivity index (χ2v) is 6.67. The highest BCUT2D eigenvalue weighted by atomic mass is 16.5. The van der Waals surface area contributed by atoms with Gasteiger partial charge in [0, 0.05) is 30.8 Å². The van der Waals surface area contributed by atoms with Crippen LogP contribution in [0.2, 0.25) is 0 Å². The first-order valence-electron chi connectivity index (χ1n) is 9.32. The Labute approximate surface area is 179 Å². The summed E-state index contributed by atoms with van der Waals surface area (Å²) in [5.41, 5.74) is 1.65. The summed E-state index contributed by atoms with van der Waals surface area (Å²) >= 11 is 0. The monoisotopic (exact) mass is 433 g/mol. The quantitative estimate of drug-likeness (QED) is 0.326. The lowest BCUT2D eigenvalue weighted by atomic mass is 10.1. The molecule has 0 aliphatic carbocycles. The highest BCUT2D eigenvalue weighted by Gasteiger charge is 2.12. The van der Waals surface area contributed by atoms with E-state index in [2.05, 4.69) is 5.32 Å². The molecule has 0 unspecified atom stereocenters.